The van der Waals surface area contributed by atoms with Gasteiger partial charge in [-0.05, 0) is 47.9 Å². The lowest BCUT2D eigenvalue weighted by atomic mass is 9.95. The van der Waals surface area contributed by atoms with Crippen LogP contribution in [0, 0.1) is 36.0 Å². The highest BCUT2D eigenvalue weighted by molar-refractivity contribution is 6.09. The normalized spacial score (nSPS) is 12.7. The minimum atomic E-state index is -1.69. The first-order chi connectivity index (χ1) is 14.2. The molecule has 0 spiro atoms. The molecule has 1 aliphatic rings. The summed E-state index contributed by atoms with van der Waals surface area (Å²) in [5.41, 5.74) is -1.96. The summed E-state index contributed by atoms with van der Waals surface area (Å²) in [5, 5.41) is 9.36. The molecule has 1 N–H and O–H groups in total. The van der Waals surface area contributed by atoms with E-state index in [0.29, 0.717) is 5.56 Å². The number of rotatable bonds is 3. The Bertz CT molecular complexity index is 1240. The van der Waals surface area contributed by atoms with Crippen molar-refractivity contribution >= 4 is 17.4 Å². The third-order valence-corrected chi connectivity index (χ3v) is 4.87. The zero-order valence-corrected chi connectivity index (χ0v) is 15.4. The molecule has 0 atom stereocenters. The van der Waals surface area contributed by atoms with Crippen molar-refractivity contribution in [3.63, 3.8) is 0 Å². The number of aliphatic imine (C=N–C) groups is 1. The fraction of sp³-hybridized carbons (Fsp3) is 0.0909. The van der Waals surface area contributed by atoms with Crippen molar-refractivity contribution in [2.45, 2.75) is 13.3 Å². The fourth-order valence-corrected chi connectivity index (χ4v) is 3.55. The van der Waals surface area contributed by atoms with Gasteiger partial charge in [-0.2, -0.15) is 0 Å². The number of carboxylic acid groups (broad SMARTS) is 1. The minimum absolute atomic E-state index is 0.109. The number of nitrogens with zero attached hydrogens (tertiary/aromatic N) is 1. The zero-order valence-electron chi connectivity index (χ0n) is 15.4. The molecule has 30 heavy (non-hydrogen) atoms. The molecule has 0 fully saturated rings. The smallest absolute Gasteiger partial charge is 0.336 e. The Hall–Kier alpha value is -3.55. The van der Waals surface area contributed by atoms with E-state index in [4.69, 9.17) is 0 Å². The SMILES string of the molecule is Cc1cc2c(c(C(=O)O)c1)CC(c1c(F)c(F)c(-c3cccc(F)c3)c(F)c1F)=N2. The maximum Gasteiger partial charge on any atom is 0.336 e. The molecule has 1 aliphatic heterocycles. The molecular formula is C22H12F5NO2. The van der Waals surface area contributed by atoms with Crippen LogP contribution < -0.4 is 0 Å². The second kappa shape index (κ2) is 7.05. The molecule has 0 aromatic heterocycles. The molecule has 3 nitrogen and oxygen atoms in total. The number of carboxylic acids is 1. The molecule has 8 heteroatoms. The van der Waals surface area contributed by atoms with Crippen LogP contribution >= 0.6 is 0 Å². The monoisotopic (exact) mass is 417 g/mol. The quantitative estimate of drug-likeness (QED) is 0.437. The van der Waals surface area contributed by atoms with Gasteiger partial charge in [0.1, 0.15) is 5.82 Å². The van der Waals surface area contributed by atoms with Crippen LogP contribution in [-0.2, 0) is 6.42 Å². The van der Waals surface area contributed by atoms with Crippen LogP contribution in [0.2, 0.25) is 0 Å². The Balaban J connectivity index is 1.89. The van der Waals surface area contributed by atoms with Gasteiger partial charge in [-0.25, -0.2) is 26.7 Å². The van der Waals surface area contributed by atoms with Gasteiger partial charge in [0.15, 0.2) is 23.3 Å². The Morgan fingerprint density at radius 3 is 2.17 bits per heavy atom. The van der Waals surface area contributed by atoms with Crippen LogP contribution in [0.1, 0.15) is 27.0 Å². The van der Waals surface area contributed by atoms with E-state index in [1.165, 1.54) is 12.1 Å². The van der Waals surface area contributed by atoms with Gasteiger partial charge in [0.2, 0.25) is 0 Å². The van der Waals surface area contributed by atoms with Crippen molar-refractivity contribution in [2.75, 3.05) is 0 Å². The van der Waals surface area contributed by atoms with E-state index in [9.17, 15) is 31.9 Å². The number of halogens is 5. The predicted octanol–water partition coefficient (Wildman–Crippen LogP) is 5.73. The number of aromatic carboxylic acids is 1. The van der Waals surface area contributed by atoms with Gasteiger partial charge in [-0.1, -0.05) is 12.1 Å². The summed E-state index contributed by atoms with van der Waals surface area (Å²) >= 11 is 0. The van der Waals surface area contributed by atoms with Crippen molar-refractivity contribution in [2.24, 2.45) is 4.99 Å². The minimum Gasteiger partial charge on any atom is -0.478 e. The Labute approximate surface area is 167 Å². The summed E-state index contributed by atoms with van der Waals surface area (Å²) in [5.74, 6) is -8.85. The van der Waals surface area contributed by atoms with Crippen LogP contribution in [-0.4, -0.2) is 16.8 Å². The number of carbonyl (C=O) groups is 1. The molecule has 0 saturated carbocycles. The van der Waals surface area contributed by atoms with E-state index in [1.807, 2.05) is 0 Å². The third kappa shape index (κ3) is 3.04. The highest BCUT2D eigenvalue weighted by Gasteiger charge is 2.32. The molecule has 3 aromatic rings. The number of benzene rings is 3. The average Bonchev–Trinajstić information content (AvgIpc) is 3.09. The molecule has 0 unspecified atom stereocenters. The lowest BCUT2D eigenvalue weighted by Crippen LogP contribution is -2.14. The second-order valence-corrected chi connectivity index (χ2v) is 6.87. The van der Waals surface area contributed by atoms with Crippen molar-refractivity contribution < 1.29 is 31.9 Å². The molecule has 4 rings (SSSR count). The maximum absolute atomic E-state index is 14.8. The molecular weight excluding hydrogens is 405 g/mol. The van der Waals surface area contributed by atoms with E-state index in [1.54, 1.807) is 6.92 Å². The fourth-order valence-electron chi connectivity index (χ4n) is 3.55. The number of fused-ring (bicyclic) bond motifs is 1. The van der Waals surface area contributed by atoms with Gasteiger partial charge >= 0.3 is 5.97 Å². The van der Waals surface area contributed by atoms with Crippen molar-refractivity contribution in [3.05, 3.63) is 87.7 Å². The largest absolute Gasteiger partial charge is 0.478 e. The summed E-state index contributed by atoms with van der Waals surface area (Å²) < 4.78 is 72.5. The lowest BCUT2D eigenvalue weighted by molar-refractivity contribution is 0.0696. The molecule has 0 amide bonds. The lowest BCUT2D eigenvalue weighted by Gasteiger charge is -2.12. The van der Waals surface area contributed by atoms with Crippen molar-refractivity contribution in [3.8, 4) is 11.1 Å². The van der Waals surface area contributed by atoms with E-state index < -0.39 is 46.2 Å². The highest BCUT2D eigenvalue weighted by Crippen LogP contribution is 2.37. The average molecular weight is 417 g/mol. The first-order valence-corrected chi connectivity index (χ1v) is 8.75. The Kier molecular flexibility index (Phi) is 4.64. The summed E-state index contributed by atoms with van der Waals surface area (Å²) in [7, 11) is 0. The van der Waals surface area contributed by atoms with Crippen molar-refractivity contribution in [1.29, 1.82) is 0 Å². The second-order valence-electron chi connectivity index (χ2n) is 6.87. The predicted molar refractivity (Wildman–Crippen MR) is 99.7 cm³/mol. The Morgan fingerprint density at radius 1 is 0.933 bits per heavy atom. The van der Waals surface area contributed by atoms with Gasteiger partial charge in [0, 0.05) is 6.42 Å². The number of hydrogen-bond acceptors (Lipinski definition) is 2. The first kappa shape index (κ1) is 19.8. The molecule has 3 aromatic carbocycles. The van der Waals surface area contributed by atoms with E-state index in [0.717, 1.165) is 24.3 Å². The van der Waals surface area contributed by atoms with Gasteiger partial charge in [0.25, 0.3) is 0 Å². The number of hydrogen-bond donors (Lipinski definition) is 1. The van der Waals surface area contributed by atoms with Crippen LogP contribution in [0.15, 0.2) is 41.4 Å². The molecule has 0 radical (unpaired) electrons. The third-order valence-electron chi connectivity index (χ3n) is 4.87. The zero-order chi connectivity index (χ0) is 21.7. The van der Waals surface area contributed by atoms with Crippen LogP contribution in [0.4, 0.5) is 27.6 Å². The van der Waals surface area contributed by atoms with Crippen LogP contribution in [0.5, 0.6) is 0 Å². The van der Waals surface area contributed by atoms with Gasteiger partial charge in [-0.15, -0.1) is 0 Å². The van der Waals surface area contributed by atoms with E-state index in [-0.39, 0.29) is 34.5 Å². The number of aryl methyl sites for hydroxylation is 1. The summed E-state index contributed by atoms with van der Waals surface area (Å²) in [6, 6.07) is 6.94. The topological polar surface area (TPSA) is 49.7 Å². The van der Waals surface area contributed by atoms with Crippen LogP contribution in [0.3, 0.4) is 0 Å². The Morgan fingerprint density at radius 2 is 1.57 bits per heavy atom. The van der Waals surface area contributed by atoms with E-state index >= 15 is 0 Å². The van der Waals surface area contributed by atoms with Gasteiger partial charge < -0.3 is 5.11 Å². The summed E-state index contributed by atoms with van der Waals surface area (Å²) in [6.07, 6.45) is -0.316. The van der Waals surface area contributed by atoms with Gasteiger partial charge in [0.05, 0.1) is 28.1 Å². The van der Waals surface area contributed by atoms with Crippen LogP contribution in [0.25, 0.3) is 11.1 Å². The first-order valence-electron chi connectivity index (χ1n) is 8.75. The maximum atomic E-state index is 14.8. The molecule has 0 saturated heterocycles. The molecule has 0 bridgehead atoms. The van der Waals surface area contributed by atoms with E-state index in [2.05, 4.69) is 4.99 Å². The highest BCUT2D eigenvalue weighted by atomic mass is 19.2. The standard InChI is InChI=1S/C22H12F5NO2/c1-9-5-13(22(29)30)12-8-15(28-14(12)6-9)17-20(26)18(24)16(19(25)21(17)27)10-3-2-4-11(23)7-10/h2-7H,8H2,1H3,(H,29,30). The summed E-state index contributed by atoms with van der Waals surface area (Å²) in [6.45, 7) is 1.62. The van der Waals surface area contributed by atoms with Gasteiger partial charge in [-0.3, -0.25) is 4.99 Å². The van der Waals surface area contributed by atoms with Crippen molar-refractivity contribution in [1.82, 2.24) is 0 Å². The molecule has 152 valence electrons. The molecule has 0 aliphatic carbocycles. The molecule has 1 heterocycles. The summed E-state index contributed by atoms with van der Waals surface area (Å²) in [4.78, 5) is 15.5.